The lowest BCUT2D eigenvalue weighted by molar-refractivity contribution is 0.100. The highest BCUT2D eigenvalue weighted by atomic mass is 16.1. The molecule has 0 aliphatic heterocycles. The molecule has 0 amide bonds. The summed E-state index contributed by atoms with van der Waals surface area (Å²) in [4.78, 5) is 11.9. The van der Waals surface area contributed by atoms with Gasteiger partial charge in [0.25, 0.3) is 0 Å². The highest BCUT2D eigenvalue weighted by molar-refractivity contribution is 6.08. The van der Waals surface area contributed by atoms with Crippen LogP contribution in [0.4, 0.5) is 0 Å². The molecule has 0 heterocycles. The lowest BCUT2D eigenvalue weighted by atomic mass is 9.75. The minimum Gasteiger partial charge on any atom is -0.310 e. The Kier molecular flexibility index (Phi) is 4.80. The van der Waals surface area contributed by atoms with Gasteiger partial charge in [0.2, 0.25) is 0 Å². The average Bonchev–Trinajstić information content (AvgIpc) is 2.36. The quantitative estimate of drug-likeness (QED) is 0.582. The van der Waals surface area contributed by atoms with E-state index in [-0.39, 0.29) is 12.2 Å². The fourth-order valence-electron chi connectivity index (χ4n) is 3.20. The first-order valence-electron chi connectivity index (χ1n) is 7.80. The Bertz CT molecular complexity index is 645. The van der Waals surface area contributed by atoms with E-state index >= 15 is 0 Å². The molecule has 0 atom stereocenters. The first-order valence-corrected chi connectivity index (χ1v) is 7.80. The van der Waals surface area contributed by atoms with Crippen molar-refractivity contribution < 1.29 is 4.79 Å². The van der Waals surface area contributed by atoms with Gasteiger partial charge in [-0.2, -0.15) is 0 Å². The molecular formula is C20H25NO. The van der Waals surface area contributed by atoms with Crippen LogP contribution in [0.5, 0.6) is 0 Å². The van der Waals surface area contributed by atoms with Crippen LogP contribution in [0.2, 0.25) is 0 Å². The SMILES string of the molecule is CC(=N)CC(=O)c1ccc(/C=C2\C=C(C)CC(C)(C)C2)cc1. The number of hydrogen-bond acceptors (Lipinski definition) is 2. The van der Waals surface area contributed by atoms with E-state index in [4.69, 9.17) is 5.41 Å². The molecule has 1 aliphatic rings. The highest BCUT2D eigenvalue weighted by Crippen LogP contribution is 2.38. The zero-order valence-corrected chi connectivity index (χ0v) is 14.0. The number of carbonyl (C=O) groups excluding carboxylic acids is 1. The molecule has 0 saturated carbocycles. The van der Waals surface area contributed by atoms with Crippen LogP contribution in [0.25, 0.3) is 6.08 Å². The van der Waals surface area contributed by atoms with Gasteiger partial charge in [-0.3, -0.25) is 4.79 Å². The molecule has 1 aromatic carbocycles. The molecule has 0 spiro atoms. The van der Waals surface area contributed by atoms with E-state index < -0.39 is 0 Å². The first-order chi connectivity index (χ1) is 10.2. The van der Waals surface area contributed by atoms with Gasteiger partial charge in [-0.15, -0.1) is 0 Å². The largest absolute Gasteiger partial charge is 0.310 e. The van der Waals surface area contributed by atoms with Gasteiger partial charge in [-0.1, -0.05) is 55.8 Å². The summed E-state index contributed by atoms with van der Waals surface area (Å²) < 4.78 is 0. The second-order valence-electron chi connectivity index (χ2n) is 7.23. The molecule has 1 aliphatic carbocycles. The van der Waals surface area contributed by atoms with Gasteiger partial charge in [0.1, 0.15) is 0 Å². The van der Waals surface area contributed by atoms with Crippen molar-refractivity contribution in [3.05, 3.63) is 52.6 Å². The summed E-state index contributed by atoms with van der Waals surface area (Å²) in [5.41, 5.74) is 5.31. The Morgan fingerprint density at radius 3 is 2.41 bits per heavy atom. The normalized spacial score (nSPS) is 18.9. The van der Waals surface area contributed by atoms with Crippen molar-refractivity contribution in [3.63, 3.8) is 0 Å². The van der Waals surface area contributed by atoms with Gasteiger partial charge in [0.05, 0.1) is 0 Å². The molecule has 2 heteroatoms. The summed E-state index contributed by atoms with van der Waals surface area (Å²) in [5.74, 6) is 0.0150. The fraction of sp³-hybridized carbons (Fsp3) is 0.400. The van der Waals surface area contributed by atoms with Crippen LogP contribution in [0.15, 0.2) is 41.5 Å². The Balaban J connectivity index is 2.17. The lowest BCUT2D eigenvalue weighted by Crippen LogP contribution is -2.16. The molecule has 116 valence electrons. The Hall–Kier alpha value is -1.96. The molecule has 0 bridgehead atoms. The highest BCUT2D eigenvalue weighted by Gasteiger charge is 2.23. The average molecular weight is 295 g/mol. The maximum absolute atomic E-state index is 11.9. The Morgan fingerprint density at radius 2 is 1.86 bits per heavy atom. The molecule has 2 rings (SSSR count). The van der Waals surface area contributed by atoms with Crippen molar-refractivity contribution in [1.82, 2.24) is 0 Å². The maximum Gasteiger partial charge on any atom is 0.168 e. The van der Waals surface area contributed by atoms with Crippen LogP contribution in [0, 0.1) is 10.8 Å². The lowest BCUT2D eigenvalue weighted by Gasteiger charge is -2.30. The molecule has 1 N–H and O–H groups in total. The minimum atomic E-state index is 0.0150. The van der Waals surface area contributed by atoms with Gasteiger partial charge < -0.3 is 5.41 Å². The molecule has 22 heavy (non-hydrogen) atoms. The zero-order valence-electron chi connectivity index (χ0n) is 14.0. The van der Waals surface area contributed by atoms with Crippen LogP contribution in [-0.4, -0.2) is 11.5 Å². The van der Waals surface area contributed by atoms with Crippen LogP contribution in [-0.2, 0) is 0 Å². The topological polar surface area (TPSA) is 40.9 Å². The van der Waals surface area contributed by atoms with E-state index in [1.54, 1.807) is 6.92 Å². The summed E-state index contributed by atoms with van der Waals surface area (Å²) in [7, 11) is 0. The van der Waals surface area contributed by atoms with E-state index in [0.29, 0.717) is 16.7 Å². The summed E-state index contributed by atoms with van der Waals surface area (Å²) in [6, 6.07) is 7.71. The monoisotopic (exact) mass is 295 g/mol. The van der Waals surface area contributed by atoms with E-state index in [0.717, 1.165) is 18.4 Å². The number of ketones is 1. The summed E-state index contributed by atoms with van der Waals surface area (Å²) in [5, 5.41) is 7.41. The second kappa shape index (κ2) is 6.43. The third kappa shape index (κ3) is 4.52. The van der Waals surface area contributed by atoms with E-state index in [2.05, 4.69) is 32.9 Å². The number of carbonyl (C=O) groups is 1. The summed E-state index contributed by atoms with van der Waals surface area (Å²) in [6.45, 7) is 8.46. The molecule has 2 nitrogen and oxygen atoms in total. The number of rotatable bonds is 4. The third-order valence-corrected chi connectivity index (χ3v) is 3.88. The van der Waals surface area contributed by atoms with Gasteiger partial charge in [0, 0.05) is 17.7 Å². The van der Waals surface area contributed by atoms with Gasteiger partial charge in [-0.25, -0.2) is 0 Å². The summed E-state index contributed by atoms with van der Waals surface area (Å²) in [6.07, 6.45) is 6.93. The second-order valence-corrected chi connectivity index (χ2v) is 7.23. The van der Waals surface area contributed by atoms with Crippen molar-refractivity contribution in [3.8, 4) is 0 Å². The standard InChI is InChI=1S/C20H25NO/c1-14-9-17(13-20(3,4)12-14)11-16-5-7-18(8-6-16)19(22)10-15(2)21/h5-9,11,21H,10,12-13H2,1-4H3/b17-11+,21-15?. The molecule has 0 unspecified atom stereocenters. The number of allylic oxidation sites excluding steroid dienone is 3. The predicted molar refractivity (Wildman–Crippen MR) is 93.5 cm³/mol. The number of benzene rings is 1. The van der Waals surface area contributed by atoms with E-state index in [1.807, 2.05) is 24.3 Å². The molecule has 0 saturated heterocycles. The van der Waals surface area contributed by atoms with Crippen molar-refractivity contribution >= 4 is 17.6 Å². The molecule has 0 radical (unpaired) electrons. The van der Waals surface area contributed by atoms with Crippen LogP contribution in [0.3, 0.4) is 0 Å². The predicted octanol–water partition coefficient (Wildman–Crippen LogP) is 5.45. The zero-order chi connectivity index (χ0) is 16.3. The third-order valence-electron chi connectivity index (χ3n) is 3.88. The molecule has 0 aromatic heterocycles. The van der Waals surface area contributed by atoms with Gasteiger partial charge in [0.15, 0.2) is 5.78 Å². The Labute approximate surface area is 133 Å². The van der Waals surface area contributed by atoms with Crippen LogP contribution in [0.1, 0.15) is 62.9 Å². The van der Waals surface area contributed by atoms with Gasteiger partial charge >= 0.3 is 0 Å². The van der Waals surface area contributed by atoms with Crippen molar-refractivity contribution in [2.75, 3.05) is 0 Å². The van der Waals surface area contributed by atoms with Crippen LogP contribution < -0.4 is 0 Å². The first kappa shape index (κ1) is 16.4. The van der Waals surface area contributed by atoms with Crippen molar-refractivity contribution in [2.45, 2.75) is 47.0 Å². The minimum absolute atomic E-state index is 0.0150. The molecule has 1 aromatic rings. The maximum atomic E-state index is 11.9. The number of Topliss-reactive ketones (excluding diaryl/α,β-unsaturated/α-hetero) is 1. The number of nitrogens with one attached hydrogen (secondary N) is 1. The van der Waals surface area contributed by atoms with Crippen molar-refractivity contribution in [1.29, 1.82) is 5.41 Å². The Morgan fingerprint density at radius 1 is 1.23 bits per heavy atom. The van der Waals surface area contributed by atoms with Crippen LogP contribution >= 0.6 is 0 Å². The summed E-state index contributed by atoms with van der Waals surface area (Å²) >= 11 is 0. The molecular weight excluding hydrogens is 270 g/mol. The van der Waals surface area contributed by atoms with Gasteiger partial charge in [-0.05, 0) is 43.2 Å². The van der Waals surface area contributed by atoms with E-state index in [9.17, 15) is 4.79 Å². The van der Waals surface area contributed by atoms with E-state index in [1.165, 1.54) is 11.1 Å². The fourth-order valence-corrected chi connectivity index (χ4v) is 3.20. The molecule has 0 fully saturated rings. The van der Waals surface area contributed by atoms with Crippen molar-refractivity contribution in [2.24, 2.45) is 5.41 Å². The number of hydrogen-bond donors (Lipinski definition) is 1. The smallest absolute Gasteiger partial charge is 0.168 e.